The van der Waals surface area contributed by atoms with Crippen molar-refractivity contribution >= 4 is 23.7 Å². The van der Waals surface area contributed by atoms with E-state index in [-0.39, 0.29) is 47.7 Å². The van der Waals surface area contributed by atoms with Crippen molar-refractivity contribution < 1.29 is 37.7 Å². The Morgan fingerprint density at radius 3 is 2.42 bits per heavy atom. The summed E-state index contributed by atoms with van der Waals surface area (Å²) in [6.45, 7) is 14.1. The van der Waals surface area contributed by atoms with Crippen molar-refractivity contribution in [3.63, 3.8) is 0 Å². The fraction of sp³-hybridized carbons (Fsp3) is 0.700. The summed E-state index contributed by atoms with van der Waals surface area (Å²) in [5.74, 6) is -1.01. The van der Waals surface area contributed by atoms with E-state index in [2.05, 4.69) is 10.6 Å². The minimum absolute atomic E-state index is 0.0738. The molecule has 0 aliphatic carbocycles. The summed E-state index contributed by atoms with van der Waals surface area (Å²) in [6, 6.07) is 3.44. The van der Waals surface area contributed by atoms with Crippen LogP contribution in [0.3, 0.4) is 0 Å². The first kappa shape index (κ1) is 33.3. The molecule has 0 saturated carbocycles. The number of hydrogen-bond acceptors (Lipinski definition) is 7. The molecule has 4 atom stereocenters. The van der Waals surface area contributed by atoms with Crippen molar-refractivity contribution in [2.24, 2.45) is 23.7 Å². The van der Waals surface area contributed by atoms with Crippen LogP contribution in [0.2, 0.25) is 0 Å². The number of halogens is 1. The smallest absolute Gasteiger partial charge is 0.408 e. The molecule has 1 saturated heterocycles. The number of nitrogens with one attached hydrogen (secondary N) is 2. The van der Waals surface area contributed by atoms with Crippen molar-refractivity contribution in [3.8, 4) is 5.75 Å². The van der Waals surface area contributed by atoms with Gasteiger partial charge in [0.05, 0.1) is 24.3 Å². The molecule has 1 heterocycles. The van der Waals surface area contributed by atoms with Crippen LogP contribution in [0, 0.1) is 29.5 Å². The van der Waals surface area contributed by atoms with Gasteiger partial charge in [0, 0.05) is 32.6 Å². The van der Waals surface area contributed by atoms with Crippen LogP contribution in [0.1, 0.15) is 74.1 Å². The van der Waals surface area contributed by atoms with Crippen molar-refractivity contribution in [3.05, 3.63) is 24.0 Å². The third-order valence-corrected chi connectivity index (χ3v) is 6.93. The summed E-state index contributed by atoms with van der Waals surface area (Å²) in [7, 11) is 1.59. The Morgan fingerprint density at radius 2 is 1.85 bits per heavy atom. The van der Waals surface area contributed by atoms with Crippen molar-refractivity contribution in [1.82, 2.24) is 5.32 Å². The van der Waals surface area contributed by atoms with E-state index in [1.165, 1.54) is 18.2 Å². The number of alkyl carbamates (subject to hydrolysis) is 1. The molecule has 40 heavy (non-hydrogen) atoms. The summed E-state index contributed by atoms with van der Waals surface area (Å²) in [5.41, 5.74) is -0.323. The molecule has 0 aromatic heterocycles. The summed E-state index contributed by atoms with van der Waals surface area (Å²) < 4.78 is 35.8. The molecule has 0 unspecified atom stereocenters. The number of cyclic esters (lactones) is 1. The monoisotopic (exact) mass is 566 g/mol. The molecule has 0 bridgehead atoms. The topological polar surface area (TPSA) is 112 Å². The first-order valence-electron chi connectivity index (χ1n) is 14.1. The zero-order valence-corrected chi connectivity index (χ0v) is 25.2. The molecule has 1 fully saturated rings. The first-order valence-corrected chi connectivity index (χ1v) is 14.1. The average molecular weight is 567 g/mol. The Labute approximate surface area is 237 Å². The van der Waals surface area contributed by atoms with E-state index in [1.807, 2.05) is 27.7 Å². The molecule has 0 radical (unpaired) electrons. The number of carbonyl (C=O) groups is 3. The number of anilines is 1. The molecule has 1 aromatic carbocycles. The summed E-state index contributed by atoms with van der Waals surface area (Å²) in [6.07, 6.45) is 0.505. The van der Waals surface area contributed by atoms with E-state index >= 15 is 0 Å². The molecular weight excluding hydrogens is 519 g/mol. The van der Waals surface area contributed by atoms with E-state index in [0.717, 1.165) is 0 Å². The van der Waals surface area contributed by atoms with Crippen LogP contribution in [0.15, 0.2) is 18.2 Å². The maximum Gasteiger partial charge on any atom is 0.408 e. The predicted molar refractivity (Wildman–Crippen MR) is 151 cm³/mol. The number of amides is 2. The minimum atomic E-state index is -0.697. The zero-order valence-electron chi connectivity index (χ0n) is 25.2. The Kier molecular flexibility index (Phi) is 12.7. The first-order chi connectivity index (χ1) is 18.7. The van der Waals surface area contributed by atoms with Crippen LogP contribution in [0.5, 0.6) is 5.75 Å². The maximum atomic E-state index is 13.9. The second-order valence-electron chi connectivity index (χ2n) is 12.1. The molecule has 9 nitrogen and oxygen atoms in total. The normalized spacial score (nSPS) is 18.8. The van der Waals surface area contributed by atoms with Gasteiger partial charge in [0.15, 0.2) is 0 Å². The molecule has 2 rings (SSSR count). The van der Waals surface area contributed by atoms with Gasteiger partial charge in [-0.2, -0.15) is 0 Å². The Balaban J connectivity index is 2.17. The number of methoxy groups -OCH3 is 1. The Hall–Kier alpha value is -2.88. The van der Waals surface area contributed by atoms with E-state index in [4.69, 9.17) is 18.9 Å². The number of carbonyl (C=O) groups excluding carboxylic acids is 3. The number of ether oxygens (including phenoxy) is 4. The molecule has 2 amide bonds. The van der Waals surface area contributed by atoms with Gasteiger partial charge in [0.2, 0.25) is 5.91 Å². The van der Waals surface area contributed by atoms with E-state index in [0.29, 0.717) is 38.2 Å². The average Bonchev–Trinajstić information content (AvgIpc) is 3.23. The van der Waals surface area contributed by atoms with Crippen LogP contribution >= 0.6 is 0 Å². The SMILES string of the molecule is COCCCOc1cc(F)ccc1NC(=O)C[C@@H](C[C@H](NC(=O)OC(C)(C)C)[C@@H]1C[C@@H](C(C)C)C(=O)O1)C(C)C. The van der Waals surface area contributed by atoms with Gasteiger partial charge in [-0.05, 0) is 63.5 Å². The number of hydrogen-bond donors (Lipinski definition) is 2. The van der Waals surface area contributed by atoms with E-state index in [9.17, 15) is 18.8 Å². The van der Waals surface area contributed by atoms with Gasteiger partial charge in [-0.25, -0.2) is 9.18 Å². The summed E-state index contributed by atoms with van der Waals surface area (Å²) in [5, 5.41) is 5.76. The molecule has 10 heteroatoms. The van der Waals surface area contributed by atoms with Crippen LogP contribution < -0.4 is 15.4 Å². The lowest BCUT2D eigenvalue weighted by molar-refractivity contribution is -0.146. The minimum Gasteiger partial charge on any atom is -0.491 e. The van der Waals surface area contributed by atoms with Crippen LogP contribution in [0.25, 0.3) is 0 Å². The van der Waals surface area contributed by atoms with E-state index in [1.54, 1.807) is 27.9 Å². The fourth-order valence-corrected chi connectivity index (χ4v) is 4.65. The molecule has 1 aromatic rings. The lowest BCUT2D eigenvalue weighted by atomic mass is 9.83. The van der Waals surface area contributed by atoms with Crippen LogP contribution in [-0.4, -0.2) is 56.0 Å². The van der Waals surface area contributed by atoms with Crippen LogP contribution in [-0.2, 0) is 23.8 Å². The van der Waals surface area contributed by atoms with Gasteiger partial charge in [-0.1, -0.05) is 27.7 Å². The lowest BCUT2D eigenvalue weighted by Crippen LogP contribution is -2.47. The lowest BCUT2D eigenvalue weighted by Gasteiger charge is -2.31. The quantitative estimate of drug-likeness (QED) is 0.219. The number of rotatable bonds is 14. The fourth-order valence-electron chi connectivity index (χ4n) is 4.65. The zero-order chi connectivity index (χ0) is 30.0. The second kappa shape index (κ2) is 15.2. The summed E-state index contributed by atoms with van der Waals surface area (Å²) in [4.78, 5) is 38.4. The number of benzene rings is 1. The maximum absolute atomic E-state index is 13.9. The summed E-state index contributed by atoms with van der Waals surface area (Å²) >= 11 is 0. The molecule has 226 valence electrons. The third-order valence-electron chi connectivity index (χ3n) is 6.93. The largest absolute Gasteiger partial charge is 0.491 e. The Bertz CT molecular complexity index is 993. The molecule has 2 N–H and O–H groups in total. The van der Waals surface area contributed by atoms with Crippen molar-refractivity contribution in [1.29, 1.82) is 0 Å². The number of esters is 1. The predicted octanol–water partition coefficient (Wildman–Crippen LogP) is 5.71. The molecule has 0 spiro atoms. The highest BCUT2D eigenvalue weighted by Crippen LogP contribution is 2.33. The third kappa shape index (κ3) is 10.9. The highest BCUT2D eigenvalue weighted by molar-refractivity contribution is 5.92. The molecular formula is C30H47FN2O7. The highest BCUT2D eigenvalue weighted by Gasteiger charge is 2.42. The van der Waals surface area contributed by atoms with Crippen molar-refractivity contribution in [2.45, 2.75) is 91.9 Å². The van der Waals surface area contributed by atoms with Gasteiger partial charge in [-0.3, -0.25) is 9.59 Å². The van der Waals surface area contributed by atoms with Gasteiger partial charge >= 0.3 is 12.1 Å². The van der Waals surface area contributed by atoms with Crippen molar-refractivity contribution in [2.75, 3.05) is 25.6 Å². The molecule has 1 aliphatic heterocycles. The van der Waals surface area contributed by atoms with Gasteiger partial charge < -0.3 is 29.6 Å². The van der Waals surface area contributed by atoms with Crippen LogP contribution in [0.4, 0.5) is 14.9 Å². The Morgan fingerprint density at radius 1 is 1.15 bits per heavy atom. The highest BCUT2D eigenvalue weighted by atomic mass is 19.1. The van der Waals surface area contributed by atoms with Gasteiger partial charge in [0.25, 0.3) is 0 Å². The van der Waals surface area contributed by atoms with Gasteiger partial charge in [0.1, 0.15) is 23.3 Å². The van der Waals surface area contributed by atoms with E-state index < -0.39 is 29.7 Å². The second-order valence-corrected chi connectivity index (χ2v) is 12.1. The van der Waals surface area contributed by atoms with Gasteiger partial charge in [-0.15, -0.1) is 0 Å². The standard InChI is InChI=1S/C30H47FN2O7/c1-18(2)20(15-27(34)32-23-11-10-21(31)16-25(23)38-13-9-12-37-8)14-24(33-29(36)40-30(5,6)7)26-17-22(19(3)4)28(35)39-26/h10-11,16,18-20,22,24,26H,9,12-15,17H2,1-8H3,(H,32,34)(H,33,36)/t20-,22+,24+,26+/m1/s1. The molecule has 1 aliphatic rings.